The van der Waals surface area contributed by atoms with E-state index in [1.807, 2.05) is 24.3 Å². The fraction of sp³-hybridized carbons (Fsp3) is 0.267. The van der Waals surface area contributed by atoms with Crippen LogP contribution in [0.1, 0.15) is 10.4 Å². The van der Waals surface area contributed by atoms with E-state index in [9.17, 15) is 4.79 Å². The first-order chi connectivity index (χ1) is 10.6. The highest BCUT2D eigenvalue weighted by Gasteiger charge is 2.16. The summed E-state index contributed by atoms with van der Waals surface area (Å²) < 4.78 is 13.0. The lowest BCUT2D eigenvalue weighted by molar-refractivity contribution is -0.120. The Morgan fingerprint density at radius 3 is 2.59 bits per heavy atom. The van der Waals surface area contributed by atoms with Crippen molar-refractivity contribution in [3.63, 3.8) is 0 Å². The summed E-state index contributed by atoms with van der Waals surface area (Å²) in [6.45, 7) is 1.63. The summed E-state index contributed by atoms with van der Waals surface area (Å²) in [6, 6.07) is 7.69. The van der Waals surface area contributed by atoms with E-state index in [0.717, 1.165) is 18.7 Å². The molecule has 0 atom stereocenters. The Morgan fingerprint density at radius 2 is 1.91 bits per heavy atom. The minimum Gasteiger partial charge on any atom is -0.486 e. The summed E-state index contributed by atoms with van der Waals surface area (Å²) in [7, 11) is 0. The van der Waals surface area contributed by atoms with E-state index in [2.05, 4.69) is 37.2 Å². The minimum atomic E-state index is -0.0260. The Kier molecular flexibility index (Phi) is 5.05. The lowest BCUT2D eigenvalue weighted by Crippen LogP contribution is -2.24. The molecule has 22 heavy (non-hydrogen) atoms. The maximum atomic E-state index is 12.1. The van der Waals surface area contributed by atoms with Gasteiger partial charge in [0.15, 0.2) is 11.5 Å². The largest absolute Gasteiger partial charge is 0.486 e. The molecule has 0 spiro atoms. The smallest absolute Gasteiger partial charge is 0.224 e. The zero-order valence-electron chi connectivity index (χ0n) is 11.5. The molecule has 1 N–H and O–H groups in total. The molecule has 1 amide bonds. The third-order valence-electron chi connectivity index (χ3n) is 3.15. The summed E-state index contributed by atoms with van der Waals surface area (Å²) >= 11 is 8.51. The molecule has 1 aliphatic rings. The Hall–Kier alpha value is -1.05. The van der Waals surface area contributed by atoms with Crippen LogP contribution in [0, 0.1) is 0 Å². The first-order valence-corrected chi connectivity index (χ1v) is 9.11. The van der Waals surface area contributed by atoms with Crippen LogP contribution in [0.15, 0.2) is 32.5 Å². The molecule has 0 radical (unpaired) electrons. The Morgan fingerprint density at radius 1 is 1.18 bits per heavy atom. The molecule has 0 bridgehead atoms. The molecular weight excluding hydrogens is 434 g/mol. The number of halogens is 2. The number of amides is 1. The van der Waals surface area contributed by atoms with Crippen LogP contribution in [0.2, 0.25) is 0 Å². The van der Waals surface area contributed by atoms with Crippen molar-refractivity contribution < 1.29 is 14.3 Å². The van der Waals surface area contributed by atoms with Crippen LogP contribution in [-0.2, 0) is 17.8 Å². The highest BCUT2D eigenvalue weighted by molar-refractivity contribution is 9.11. The molecule has 3 rings (SSSR count). The molecule has 0 saturated carbocycles. The number of hydrogen-bond acceptors (Lipinski definition) is 4. The molecule has 2 heterocycles. The van der Waals surface area contributed by atoms with E-state index < -0.39 is 0 Å². The summed E-state index contributed by atoms with van der Waals surface area (Å²) in [6.07, 6.45) is 0.295. The highest BCUT2D eigenvalue weighted by atomic mass is 79.9. The topological polar surface area (TPSA) is 47.6 Å². The zero-order chi connectivity index (χ0) is 15.5. The van der Waals surface area contributed by atoms with Gasteiger partial charge in [-0.15, -0.1) is 11.3 Å². The van der Waals surface area contributed by atoms with Crippen LogP contribution in [0.25, 0.3) is 0 Å². The van der Waals surface area contributed by atoms with Gasteiger partial charge in [0, 0.05) is 9.35 Å². The average Bonchev–Trinajstić information content (AvgIpc) is 2.91. The minimum absolute atomic E-state index is 0.0260. The molecule has 1 aliphatic heterocycles. The highest BCUT2D eigenvalue weighted by Crippen LogP contribution is 2.35. The molecule has 116 valence electrons. The van der Waals surface area contributed by atoms with Crippen LogP contribution in [0.5, 0.6) is 11.5 Å². The fourth-order valence-electron chi connectivity index (χ4n) is 2.11. The van der Waals surface area contributed by atoms with Crippen molar-refractivity contribution in [3.8, 4) is 11.5 Å². The molecule has 4 nitrogen and oxygen atoms in total. The van der Waals surface area contributed by atoms with Gasteiger partial charge in [-0.2, -0.15) is 0 Å². The number of thiophene rings is 1. The SMILES string of the molecule is O=C(Cc1cc2c(cc1Br)OCCO2)NCc1ccc(Br)s1. The number of ether oxygens (including phenoxy) is 2. The van der Waals surface area contributed by atoms with Gasteiger partial charge in [0.25, 0.3) is 0 Å². The molecule has 0 fully saturated rings. The monoisotopic (exact) mass is 445 g/mol. The predicted octanol–water partition coefficient (Wildman–Crippen LogP) is 3.90. The van der Waals surface area contributed by atoms with Gasteiger partial charge < -0.3 is 14.8 Å². The fourth-order valence-corrected chi connectivity index (χ4v) is 3.99. The molecular formula is C15H13Br2NO3S. The zero-order valence-corrected chi connectivity index (χ0v) is 15.5. The normalized spacial score (nSPS) is 13.0. The van der Waals surface area contributed by atoms with Crippen molar-refractivity contribution in [3.05, 3.63) is 43.0 Å². The quantitative estimate of drug-likeness (QED) is 0.774. The Labute approximate surface area is 149 Å². The van der Waals surface area contributed by atoms with E-state index in [0.29, 0.717) is 37.7 Å². The van der Waals surface area contributed by atoms with Gasteiger partial charge in [-0.05, 0) is 45.8 Å². The third kappa shape index (κ3) is 3.83. The van der Waals surface area contributed by atoms with Crippen molar-refractivity contribution in [2.24, 2.45) is 0 Å². The predicted molar refractivity (Wildman–Crippen MR) is 92.7 cm³/mol. The molecule has 0 unspecified atom stereocenters. The average molecular weight is 447 g/mol. The van der Waals surface area contributed by atoms with E-state index in [-0.39, 0.29) is 5.91 Å². The van der Waals surface area contributed by atoms with Gasteiger partial charge in [-0.25, -0.2) is 0 Å². The number of nitrogens with one attached hydrogen (secondary N) is 1. The van der Waals surface area contributed by atoms with E-state index in [1.54, 1.807) is 11.3 Å². The van der Waals surface area contributed by atoms with Gasteiger partial charge in [-0.3, -0.25) is 4.79 Å². The second kappa shape index (κ2) is 7.02. The van der Waals surface area contributed by atoms with Gasteiger partial charge in [0.05, 0.1) is 16.8 Å². The number of fused-ring (bicyclic) bond motifs is 1. The van der Waals surface area contributed by atoms with Crippen molar-refractivity contribution in [1.29, 1.82) is 0 Å². The van der Waals surface area contributed by atoms with Crippen molar-refractivity contribution in [2.45, 2.75) is 13.0 Å². The van der Waals surface area contributed by atoms with Gasteiger partial charge in [-0.1, -0.05) is 15.9 Å². The number of rotatable bonds is 4. The second-order valence-corrected chi connectivity index (χ2v) is 8.15. The van der Waals surface area contributed by atoms with Crippen molar-refractivity contribution >= 4 is 49.1 Å². The summed E-state index contributed by atoms with van der Waals surface area (Å²) in [5.74, 6) is 1.38. The van der Waals surface area contributed by atoms with Crippen LogP contribution in [0.4, 0.5) is 0 Å². The van der Waals surface area contributed by atoms with Gasteiger partial charge in [0.2, 0.25) is 5.91 Å². The molecule has 2 aromatic rings. The summed E-state index contributed by atoms with van der Waals surface area (Å²) in [4.78, 5) is 13.2. The van der Waals surface area contributed by atoms with Crippen LogP contribution in [-0.4, -0.2) is 19.1 Å². The Balaban J connectivity index is 1.63. The maximum Gasteiger partial charge on any atom is 0.224 e. The number of hydrogen-bond donors (Lipinski definition) is 1. The molecule has 7 heteroatoms. The summed E-state index contributed by atoms with van der Waals surface area (Å²) in [5, 5.41) is 2.93. The Bertz CT molecular complexity index is 702. The van der Waals surface area contributed by atoms with Crippen molar-refractivity contribution in [2.75, 3.05) is 13.2 Å². The third-order valence-corrected chi connectivity index (χ3v) is 5.51. The molecule has 1 aromatic carbocycles. The number of benzene rings is 1. The first kappa shape index (κ1) is 15.8. The lowest BCUT2D eigenvalue weighted by atomic mass is 10.1. The lowest BCUT2D eigenvalue weighted by Gasteiger charge is -2.19. The molecule has 0 saturated heterocycles. The number of carbonyl (C=O) groups is 1. The van der Waals surface area contributed by atoms with E-state index in [1.165, 1.54) is 0 Å². The van der Waals surface area contributed by atoms with Crippen LogP contribution >= 0.6 is 43.2 Å². The first-order valence-electron chi connectivity index (χ1n) is 6.71. The second-order valence-electron chi connectivity index (χ2n) is 4.75. The standard InChI is InChI=1S/C15H13Br2NO3S/c16-11-7-13-12(20-3-4-21-13)5-9(11)6-15(19)18-8-10-1-2-14(17)22-10/h1-2,5,7H,3-4,6,8H2,(H,18,19). The molecule has 1 aromatic heterocycles. The van der Waals surface area contributed by atoms with E-state index >= 15 is 0 Å². The van der Waals surface area contributed by atoms with Crippen LogP contribution in [0.3, 0.4) is 0 Å². The molecule has 0 aliphatic carbocycles. The number of carbonyl (C=O) groups excluding carboxylic acids is 1. The van der Waals surface area contributed by atoms with Gasteiger partial charge >= 0.3 is 0 Å². The van der Waals surface area contributed by atoms with Crippen LogP contribution < -0.4 is 14.8 Å². The maximum absolute atomic E-state index is 12.1. The summed E-state index contributed by atoms with van der Waals surface area (Å²) in [5.41, 5.74) is 0.883. The van der Waals surface area contributed by atoms with Gasteiger partial charge in [0.1, 0.15) is 13.2 Å². The van der Waals surface area contributed by atoms with E-state index in [4.69, 9.17) is 9.47 Å². The van der Waals surface area contributed by atoms with Crippen molar-refractivity contribution in [1.82, 2.24) is 5.32 Å².